The highest BCUT2D eigenvalue weighted by molar-refractivity contribution is 5.87. The molecule has 5 N–H and O–H groups in total. The van der Waals surface area contributed by atoms with Crippen molar-refractivity contribution >= 4 is 10.9 Å². The Morgan fingerprint density at radius 2 is 1.93 bits per heavy atom. The number of fused-ring (bicyclic) bond motifs is 1. The van der Waals surface area contributed by atoms with Crippen LogP contribution in [0, 0.1) is 5.92 Å². The maximum Gasteiger partial charge on any atom is 0.248 e. The fraction of sp³-hybridized carbons (Fsp3) is 0.400. The first kappa shape index (κ1) is 32.2. The van der Waals surface area contributed by atoms with E-state index in [-0.39, 0.29) is 17.9 Å². The summed E-state index contributed by atoms with van der Waals surface area (Å²) < 4.78 is 5.98. The monoisotopic (exact) mass is 587 g/mol. The molecule has 1 aliphatic heterocycles. The summed E-state index contributed by atoms with van der Waals surface area (Å²) in [5.74, 6) is 1.31. The number of ether oxygens (including phenoxy) is 1. The van der Waals surface area contributed by atoms with Crippen molar-refractivity contribution in [1.82, 2.24) is 15.2 Å². The van der Waals surface area contributed by atoms with E-state index >= 15 is 0 Å². The quantitative estimate of drug-likeness (QED) is 0.123. The molecule has 8 heteroatoms. The Hall–Kier alpha value is -3.69. The third-order valence-electron chi connectivity index (χ3n) is 7.97. The van der Waals surface area contributed by atoms with Gasteiger partial charge in [0, 0.05) is 43.0 Å². The van der Waals surface area contributed by atoms with Crippen molar-refractivity contribution in [1.29, 1.82) is 0 Å². The summed E-state index contributed by atoms with van der Waals surface area (Å²) in [4.78, 5) is 16.7. The third-order valence-corrected chi connectivity index (χ3v) is 7.97. The van der Waals surface area contributed by atoms with Crippen molar-refractivity contribution in [3.8, 4) is 11.5 Å². The topological polar surface area (TPSA) is 118 Å². The molecule has 1 atom stereocenters. The van der Waals surface area contributed by atoms with Gasteiger partial charge in [0.05, 0.1) is 24.8 Å². The van der Waals surface area contributed by atoms with Crippen LogP contribution < -0.4 is 15.6 Å². The Labute approximate surface area is 254 Å². The van der Waals surface area contributed by atoms with Gasteiger partial charge in [0.1, 0.15) is 11.5 Å². The molecular formula is C35H45N3O5. The van der Waals surface area contributed by atoms with E-state index in [1.54, 1.807) is 18.2 Å². The van der Waals surface area contributed by atoms with Gasteiger partial charge in [-0.15, -0.1) is 0 Å². The number of likely N-dealkylation sites (tertiary alicyclic amines) is 1. The summed E-state index contributed by atoms with van der Waals surface area (Å²) in [5.41, 5.74) is 4.14. The van der Waals surface area contributed by atoms with Crippen LogP contribution in [0.5, 0.6) is 11.5 Å². The number of phenolic OH excluding ortho intramolecular Hbond substituents is 1. The molecule has 0 unspecified atom stereocenters. The van der Waals surface area contributed by atoms with Crippen LogP contribution in [0.4, 0.5) is 0 Å². The summed E-state index contributed by atoms with van der Waals surface area (Å²) in [6, 6.07) is 14.8. The molecule has 3 aromatic rings. The molecule has 0 spiro atoms. The van der Waals surface area contributed by atoms with Crippen molar-refractivity contribution < 1.29 is 20.1 Å². The van der Waals surface area contributed by atoms with Crippen LogP contribution in [0.1, 0.15) is 43.9 Å². The predicted molar refractivity (Wildman–Crippen MR) is 173 cm³/mol. The number of aromatic hydroxyl groups is 1. The second kappa shape index (κ2) is 15.7. The molecule has 0 bridgehead atoms. The number of phenols is 1. The SMILES string of the molecule is C=C(/C=C(\C=C/CO)CCCOc1ccc(CCNC[C@H](O)c2ccc(O)c3[nH]c(=O)ccc23)cc1)C1CN(C(C)C)C1. The number of rotatable bonds is 16. The molecule has 1 aromatic heterocycles. The van der Waals surface area contributed by atoms with Crippen molar-refractivity contribution in [2.45, 2.75) is 45.3 Å². The normalized spacial score (nSPS) is 15.3. The van der Waals surface area contributed by atoms with E-state index in [1.165, 1.54) is 12.1 Å². The van der Waals surface area contributed by atoms with Crippen molar-refractivity contribution in [3.63, 3.8) is 0 Å². The number of nitrogens with one attached hydrogen (secondary N) is 2. The minimum Gasteiger partial charge on any atom is -0.506 e. The van der Waals surface area contributed by atoms with Gasteiger partial charge < -0.3 is 30.4 Å². The summed E-state index contributed by atoms with van der Waals surface area (Å²) in [6.45, 7) is 12.5. The second-order valence-electron chi connectivity index (χ2n) is 11.5. The molecule has 1 fully saturated rings. The number of benzene rings is 2. The van der Waals surface area contributed by atoms with Gasteiger partial charge >= 0.3 is 0 Å². The number of hydrogen-bond acceptors (Lipinski definition) is 7. The standard InChI is InChI=1S/C35H45N3O5/c1-24(2)38-22-28(23-38)25(3)20-27(6-4-18-39)7-5-19-43-29-10-8-26(9-11-29)16-17-36-21-33(41)30-12-14-32(40)35-31(30)13-15-34(42)37-35/h4,6,8-15,20,24,28,33,36,39-41H,3,5,7,16-19,21-23H2,1-2H3,(H,37,42)/b6-4-,27-20+/t33-/m0/s1. The summed E-state index contributed by atoms with van der Waals surface area (Å²) in [7, 11) is 0. The first-order valence-electron chi connectivity index (χ1n) is 15.1. The first-order valence-corrected chi connectivity index (χ1v) is 15.1. The largest absolute Gasteiger partial charge is 0.506 e. The van der Waals surface area contributed by atoms with Crippen LogP contribution in [-0.2, 0) is 6.42 Å². The van der Waals surface area contributed by atoms with E-state index in [0.29, 0.717) is 48.1 Å². The molecule has 0 saturated carbocycles. The lowest BCUT2D eigenvalue weighted by atomic mass is 9.89. The average Bonchev–Trinajstić information content (AvgIpc) is 2.96. The maximum atomic E-state index is 11.6. The lowest BCUT2D eigenvalue weighted by molar-refractivity contribution is 0.0900. The van der Waals surface area contributed by atoms with E-state index in [4.69, 9.17) is 4.74 Å². The number of pyridine rings is 1. The Kier molecular flexibility index (Phi) is 11.8. The Balaban J connectivity index is 1.18. The lowest BCUT2D eigenvalue weighted by Crippen LogP contribution is -2.50. The Morgan fingerprint density at radius 1 is 1.16 bits per heavy atom. The van der Waals surface area contributed by atoms with Gasteiger partial charge in [-0.3, -0.25) is 9.69 Å². The third kappa shape index (κ3) is 9.15. The smallest absolute Gasteiger partial charge is 0.248 e. The molecule has 2 aromatic carbocycles. The van der Waals surface area contributed by atoms with Crippen LogP contribution in [0.2, 0.25) is 0 Å². The number of allylic oxidation sites excluding steroid dienone is 3. The van der Waals surface area contributed by atoms with Gasteiger partial charge in [0.2, 0.25) is 5.56 Å². The highest BCUT2D eigenvalue weighted by atomic mass is 16.5. The molecule has 0 aliphatic carbocycles. The fourth-order valence-corrected chi connectivity index (χ4v) is 5.28. The highest BCUT2D eigenvalue weighted by Crippen LogP contribution is 2.29. The Morgan fingerprint density at radius 3 is 2.65 bits per heavy atom. The van der Waals surface area contributed by atoms with E-state index in [0.717, 1.165) is 54.8 Å². The number of aromatic nitrogens is 1. The minimum absolute atomic E-state index is 0.0198. The van der Waals surface area contributed by atoms with Gasteiger partial charge in [-0.25, -0.2) is 0 Å². The number of nitrogens with zero attached hydrogens (tertiary/aromatic N) is 1. The van der Waals surface area contributed by atoms with Crippen LogP contribution in [0.3, 0.4) is 0 Å². The second-order valence-corrected chi connectivity index (χ2v) is 11.5. The number of aromatic amines is 1. The number of aliphatic hydroxyl groups is 2. The fourth-order valence-electron chi connectivity index (χ4n) is 5.28. The molecule has 0 radical (unpaired) electrons. The molecule has 1 saturated heterocycles. The zero-order valence-electron chi connectivity index (χ0n) is 25.3. The number of hydrogen-bond donors (Lipinski definition) is 5. The van der Waals surface area contributed by atoms with Crippen molar-refractivity contribution in [3.05, 3.63) is 106 Å². The molecule has 0 amide bonds. The Bertz CT molecular complexity index is 1470. The highest BCUT2D eigenvalue weighted by Gasteiger charge is 2.29. The molecule has 230 valence electrons. The van der Waals surface area contributed by atoms with E-state index in [1.807, 2.05) is 18.2 Å². The van der Waals surface area contributed by atoms with Crippen LogP contribution in [0.15, 0.2) is 89.3 Å². The zero-order valence-corrected chi connectivity index (χ0v) is 25.3. The van der Waals surface area contributed by atoms with Crippen LogP contribution in [-0.4, -0.2) is 70.6 Å². The maximum absolute atomic E-state index is 11.6. The molecule has 43 heavy (non-hydrogen) atoms. The van der Waals surface area contributed by atoms with Gasteiger partial charge in [-0.1, -0.05) is 43.0 Å². The molecular weight excluding hydrogens is 542 g/mol. The molecule has 8 nitrogen and oxygen atoms in total. The van der Waals surface area contributed by atoms with Crippen LogP contribution >= 0.6 is 0 Å². The zero-order chi connectivity index (χ0) is 30.8. The van der Waals surface area contributed by atoms with Crippen LogP contribution in [0.25, 0.3) is 10.9 Å². The van der Waals surface area contributed by atoms with Gasteiger partial charge in [0.25, 0.3) is 0 Å². The van der Waals surface area contributed by atoms with E-state index in [9.17, 15) is 20.1 Å². The van der Waals surface area contributed by atoms with Gasteiger partial charge in [-0.05, 0) is 86.2 Å². The first-order chi connectivity index (χ1) is 20.7. The predicted octanol–water partition coefficient (Wildman–Crippen LogP) is 4.63. The number of H-pyrrole nitrogens is 1. The van der Waals surface area contributed by atoms with E-state index in [2.05, 4.69) is 53.8 Å². The average molecular weight is 588 g/mol. The summed E-state index contributed by atoms with van der Waals surface area (Å²) in [6.07, 6.45) is 7.65. The summed E-state index contributed by atoms with van der Waals surface area (Å²) in [5, 5.41) is 33.9. The molecule has 4 rings (SSSR count). The van der Waals surface area contributed by atoms with Gasteiger partial charge in [0.15, 0.2) is 0 Å². The molecule has 1 aliphatic rings. The van der Waals surface area contributed by atoms with E-state index < -0.39 is 6.10 Å². The van der Waals surface area contributed by atoms with Crippen molar-refractivity contribution in [2.24, 2.45) is 5.92 Å². The molecule has 2 heterocycles. The summed E-state index contributed by atoms with van der Waals surface area (Å²) >= 11 is 0. The number of aliphatic hydroxyl groups excluding tert-OH is 2. The minimum atomic E-state index is -0.786. The van der Waals surface area contributed by atoms with Crippen molar-refractivity contribution in [2.75, 3.05) is 39.4 Å². The lowest BCUT2D eigenvalue weighted by Gasteiger charge is -2.42. The van der Waals surface area contributed by atoms with Gasteiger partial charge in [-0.2, -0.15) is 0 Å².